The van der Waals surface area contributed by atoms with E-state index in [2.05, 4.69) is 17.4 Å². The number of rotatable bonds is 6. The zero-order chi connectivity index (χ0) is 9.68. The van der Waals surface area contributed by atoms with Crippen molar-refractivity contribution in [3.8, 4) is 0 Å². The first-order chi connectivity index (χ1) is 6.24. The molecule has 0 bridgehead atoms. The molecule has 0 radical (unpaired) electrons. The largest absolute Gasteiger partial charge is 0.409 e. The molecule has 1 fully saturated rings. The minimum absolute atomic E-state index is 0.321. The molecule has 4 N–H and O–H groups in total. The molecule has 0 spiro atoms. The fraction of sp³-hybridized carbons (Fsp3) is 0.889. The van der Waals surface area contributed by atoms with E-state index in [4.69, 9.17) is 10.9 Å². The maximum absolute atomic E-state index is 8.27. The van der Waals surface area contributed by atoms with E-state index in [-0.39, 0.29) is 0 Å². The summed E-state index contributed by atoms with van der Waals surface area (Å²) in [5.41, 5.74) is 5.32. The van der Waals surface area contributed by atoms with E-state index in [1.165, 1.54) is 6.42 Å². The van der Waals surface area contributed by atoms with Crippen LogP contribution in [0.2, 0.25) is 0 Å². The van der Waals surface area contributed by atoms with Crippen LogP contribution in [0.25, 0.3) is 0 Å². The summed E-state index contributed by atoms with van der Waals surface area (Å²) in [6.45, 7) is 4.36. The Morgan fingerprint density at radius 1 is 1.69 bits per heavy atom. The average Bonchev–Trinajstić information content (AvgIpc) is 2.81. The van der Waals surface area contributed by atoms with Crippen LogP contribution in [0.3, 0.4) is 0 Å². The van der Waals surface area contributed by atoms with Crippen LogP contribution in [-0.2, 0) is 0 Å². The van der Waals surface area contributed by atoms with Gasteiger partial charge in [0.25, 0.3) is 0 Å². The van der Waals surface area contributed by atoms with Gasteiger partial charge in [-0.3, -0.25) is 0 Å². The predicted molar refractivity (Wildman–Crippen MR) is 52.8 cm³/mol. The van der Waals surface area contributed by atoms with Crippen molar-refractivity contribution in [2.45, 2.75) is 26.2 Å². The molecule has 0 saturated heterocycles. The van der Waals surface area contributed by atoms with Crippen LogP contribution in [0.5, 0.6) is 0 Å². The molecule has 1 aliphatic carbocycles. The van der Waals surface area contributed by atoms with Gasteiger partial charge in [-0.2, -0.15) is 0 Å². The van der Waals surface area contributed by atoms with Gasteiger partial charge in [-0.05, 0) is 37.8 Å². The van der Waals surface area contributed by atoms with Gasteiger partial charge in [-0.1, -0.05) is 12.1 Å². The minimum Gasteiger partial charge on any atom is -0.409 e. The molecule has 1 aliphatic rings. The molecule has 76 valence electrons. The summed E-state index contributed by atoms with van der Waals surface area (Å²) in [6, 6.07) is 0. The van der Waals surface area contributed by atoms with Gasteiger partial charge < -0.3 is 16.3 Å². The van der Waals surface area contributed by atoms with Crippen LogP contribution in [0.15, 0.2) is 5.16 Å². The van der Waals surface area contributed by atoms with Gasteiger partial charge in [0.2, 0.25) is 0 Å². The van der Waals surface area contributed by atoms with Gasteiger partial charge in [0.05, 0.1) is 0 Å². The van der Waals surface area contributed by atoms with Gasteiger partial charge >= 0.3 is 0 Å². The first-order valence-electron chi connectivity index (χ1n) is 4.91. The molecule has 4 heteroatoms. The third kappa shape index (κ3) is 4.12. The van der Waals surface area contributed by atoms with E-state index < -0.39 is 0 Å². The summed E-state index contributed by atoms with van der Waals surface area (Å²) in [5, 5.41) is 14.5. The monoisotopic (exact) mass is 185 g/mol. The number of nitrogens with zero attached hydrogens (tertiary/aromatic N) is 1. The fourth-order valence-electron chi connectivity index (χ4n) is 1.42. The SMILES string of the molecule is CC1CC1CNCCCC(N)=NO. The fourth-order valence-corrected chi connectivity index (χ4v) is 1.42. The third-order valence-corrected chi connectivity index (χ3v) is 2.60. The Morgan fingerprint density at radius 2 is 2.38 bits per heavy atom. The van der Waals surface area contributed by atoms with Crippen molar-refractivity contribution in [3.63, 3.8) is 0 Å². The zero-order valence-corrected chi connectivity index (χ0v) is 8.16. The van der Waals surface area contributed by atoms with Gasteiger partial charge in [0.15, 0.2) is 0 Å². The summed E-state index contributed by atoms with van der Waals surface area (Å²) in [6.07, 6.45) is 2.98. The molecular formula is C9H19N3O. The van der Waals surface area contributed by atoms with Crippen molar-refractivity contribution in [2.75, 3.05) is 13.1 Å². The van der Waals surface area contributed by atoms with Gasteiger partial charge in [-0.25, -0.2) is 0 Å². The number of oxime groups is 1. The van der Waals surface area contributed by atoms with Gasteiger partial charge in [-0.15, -0.1) is 0 Å². The second-order valence-electron chi connectivity index (χ2n) is 3.87. The van der Waals surface area contributed by atoms with Crippen LogP contribution < -0.4 is 11.1 Å². The lowest BCUT2D eigenvalue weighted by atomic mass is 10.3. The molecule has 0 amide bonds. The normalized spacial score (nSPS) is 27.6. The lowest BCUT2D eigenvalue weighted by Crippen LogP contribution is -2.21. The van der Waals surface area contributed by atoms with Crippen molar-refractivity contribution in [1.82, 2.24) is 5.32 Å². The number of hydrogen-bond acceptors (Lipinski definition) is 3. The topological polar surface area (TPSA) is 70.6 Å². The summed E-state index contributed by atoms with van der Waals surface area (Å²) < 4.78 is 0. The summed E-state index contributed by atoms with van der Waals surface area (Å²) in [5.74, 6) is 2.13. The Hall–Kier alpha value is -0.770. The van der Waals surface area contributed by atoms with E-state index in [9.17, 15) is 0 Å². The van der Waals surface area contributed by atoms with Crippen molar-refractivity contribution in [1.29, 1.82) is 0 Å². The van der Waals surface area contributed by atoms with E-state index in [1.807, 2.05) is 0 Å². The Morgan fingerprint density at radius 3 is 2.92 bits per heavy atom. The highest BCUT2D eigenvalue weighted by Gasteiger charge is 2.31. The average molecular weight is 185 g/mol. The van der Waals surface area contributed by atoms with Crippen LogP contribution in [0.1, 0.15) is 26.2 Å². The van der Waals surface area contributed by atoms with Crippen molar-refractivity contribution < 1.29 is 5.21 Å². The third-order valence-electron chi connectivity index (χ3n) is 2.60. The molecule has 2 unspecified atom stereocenters. The number of hydrogen-bond donors (Lipinski definition) is 3. The van der Waals surface area contributed by atoms with Crippen LogP contribution in [0, 0.1) is 11.8 Å². The summed E-state index contributed by atoms with van der Waals surface area (Å²) >= 11 is 0. The summed E-state index contributed by atoms with van der Waals surface area (Å²) in [4.78, 5) is 0. The highest BCUT2D eigenvalue weighted by Crippen LogP contribution is 2.36. The second-order valence-corrected chi connectivity index (χ2v) is 3.87. The molecule has 0 aromatic rings. The van der Waals surface area contributed by atoms with E-state index in [0.29, 0.717) is 12.3 Å². The molecule has 0 aromatic carbocycles. The lowest BCUT2D eigenvalue weighted by molar-refractivity contribution is 0.316. The standard InChI is InChI=1S/C9H19N3O/c1-7-5-8(7)6-11-4-2-3-9(10)12-13/h7-8,11,13H,2-6H2,1H3,(H2,10,12). The molecule has 4 nitrogen and oxygen atoms in total. The highest BCUT2D eigenvalue weighted by atomic mass is 16.4. The van der Waals surface area contributed by atoms with Crippen LogP contribution >= 0.6 is 0 Å². The Labute approximate surface area is 79.2 Å². The first-order valence-corrected chi connectivity index (χ1v) is 4.91. The molecule has 13 heavy (non-hydrogen) atoms. The zero-order valence-electron chi connectivity index (χ0n) is 8.16. The van der Waals surface area contributed by atoms with Crippen molar-refractivity contribution in [2.24, 2.45) is 22.7 Å². The van der Waals surface area contributed by atoms with Crippen molar-refractivity contribution >= 4 is 5.84 Å². The predicted octanol–water partition coefficient (Wildman–Crippen LogP) is 0.759. The highest BCUT2D eigenvalue weighted by molar-refractivity contribution is 5.79. The van der Waals surface area contributed by atoms with Gasteiger partial charge in [0.1, 0.15) is 5.84 Å². The van der Waals surface area contributed by atoms with Crippen LogP contribution in [-0.4, -0.2) is 24.1 Å². The molecular weight excluding hydrogens is 166 g/mol. The number of nitrogens with one attached hydrogen (secondary N) is 1. The van der Waals surface area contributed by atoms with Crippen LogP contribution in [0.4, 0.5) is 0 Å². The minimum atomic E-state index is 0.321. The van der Waals surface area contributed by atoms with Gasteiger partial charge in [0, 0.05) is 6.42 Å². The Kier molecular flexibility index (Phi) is 4.02. The van der Waals surface area contributed by atoms with E-state index in [0.717, 1.165) is 31.3 Å². The summed E-state index contributed by atoms with van der Waals surface area (Å²) in [7, 11) is 0. The number of amidine groups is 1. The van der Waals surface area contributed by atoms with E-state index in [1.54, 1.807) is 0 Å². The van der Waals surface area contributed by atoms with E-state index >= 15 is 0 Å². The second kappa shape index (κ2) is 5.07. The quantitative estimate of drug-likeness (QED) is 0.188. The Balaban J connectivity index is 1.84. The van der Waals surface area contributed by atoms with Crippen molar-refractivity contribution in [3.05, 3.63) is 0 Å². The maximum Gasteiger partial charge on any atom is 0.139 e. The molecule has 0 aromatic heterocycles. The maximum atomic E-state index is 8.27. The molecule has 2 atom stereocenters. The molecule has 0 heterocycles. The molecule has 1 saturated carbocycles. The smallest absolute Gasteiger partial charge is 0.139 e. The Bertz CT molecular complexity index is 182. The number of nitrogens with two attached hydrogens (primary N) is 1. The lowest BCUT2D eigenvalue weighted by Gasteiger charge is -2.02. The first kappa shape index (κ1) is 10.3. The molecule has 1 rings (SSSR count). The molecule has 0 aliphatic heterocycles.